The minimum Gasteiger partial charge on any atom is -0.508 e. The number of methoxy groups -OCH3 is 1. The van der Waals surface area contributed by atoms with Crippen LogP contribution in [0.1, 0.15) is 28.0 Å². The van der Waals surface area contributed by atoms with E-state index in [0.29, 0.717) is 0 Å². The maximum absolute atomic E-state index is 13.0. The quantitative estimate of drug-likeness (QED) is 0.400. The van der Waals surface area contributed by atoms with E-state index in [9.17, 15) is 15.0 Å². The summed E-state index contributed by atoms with van der Waals surface area (Å²) in [7, 11) is 1.62. The van der Waals surface area contributed by atoms with Crippen LogP contribution >= 0.6 is 0 Å². The van der Waals surface area contributed by atoms with Crippen molar-refractivity contribution < 1.29 is 29.6 Å². The number of hydrogen-bond acceptors (Lipinski definition) is 8. The van der Waals surface area contributed by atoms with Crippen LogP contribution in [-0.4, -0.2) is 88.5 Å². The van der Waals surface area contributed by atoms with Gasteiger partial charge in [-0.05, 0) is 44.2 Å². The Morgan fingerprint density at radius 1 is 1.03 bits per heavy atom. The van der Waals surface area contributed by atoms with Gasteiger partial charge in [0.1, 0.15) is 28.6 Å². The fraction of sp³-hybridized carbons (Fsp3) is 0.393. The van der Waals surface area contributed by atoms with Crippen LogP contribution in [0.2, 0.25) is 0 Å². The Bertz CT molecular complexity index is 1350. The Morgan fingerprint density at radius 2 is 1.76 bits per heavy atom. The lowest BCUT2D eigenvalue weighted by Gasteiger charge is -2.34. The molecule has 0 radical (unpaired) electrons. The van der Waals surface area contributed by atoms with Gasteiger partial charge in [-0.3, -0.25) is 9.69 Å². The van der Waals surface area contributed by atoms with Crippen molar-refractivity contribution in [3.8, 4) is 23.0 Å². The zero-order valence-electron chi connectivity index (χ0n) is 21.2. The molecule has 2 aliphatic heterocycles. The summed E-state index contributed by atoms with van der Waals surface area (Å²) in [5.74, 6) is 0.0677. The minimum atomic E-state index is -0.420. The molecule has 0 saturated carbocycles. The predicted molar refractivity (Wildman–Crippen MR) is 141 cm³/mol. The highest BCUT2D eigenvalue weighted by molar-refractivity contribution is 6.17. The molecule has 0 unspecified atom stereocenters. The number of β-amino-alcohol motifs (C(OH)–C–C–N with tert-alkyl or cyclic N) is 1. The molecule has 1 fully saturated rings. The second-order valence-electron chi connectivity index (χ2n) is 9.57. The second kappa shape index (κ2) is 10.5. The number of aryl methyl sites for hydroxylation is 1. The third-order valence-electron chi connectivity index (χ3n) is 7.33. The number of Topliss-reactive ketones (excluding diaryl/α,β-unsaturated/α-hetero) is 1. The van der Waals surface area contributed by atoms with Crippen LogP contribution in [-0.2, 0) is 6.54 Å². The average molecular weight is 508 g/mol. The van der Waals surface area contributed by atoms with E-state index in [1.54, 1.807) is 13.2 Å². The topological polar surface area (TPSA) is 108 Å². The number of carbonyl (C=O) groups is 1. The highest BCUT2D eigenvalue weighted by Crippen LogP contribution is 2.41. The Balaban J connectivity index is 1.40. The van der Waals surface area contributed by atoms with Gasteiger partial charge in [-0.2, -0.15) is 0 Å². The van der Waals surface area contributed by atoms with Crippen LogP contribution in [0.3, 0.4) is 0 Å². The van der Waals surface area contributed by atoms with Crippen molar-refractivity contribution in [1.29, 1.82) is 0 Å². The fourth-order valence-electron chi connectivity index (χ4n) is 5.32. The highest BCUT2D eigenvalue weighted by Gasteiger charge is 2.32. The molecule has 9 heteroatoms. The molecule has 0 spiro atoms. The normalized spacial score (nSPS) is 17.5. The van der Waals surface area contributed by atoms with Gasteiger partial charge in [0.25, 0.3) is 0 Å². The van der Waals surface area contributed by atoms with Crippen LogP contribution in [0.25, 0.3) is 17.0 Å². The van der Waals surface area contributed by atoms with Gasteiger partial charge < -0.3 is 34.3 Å². The van der Waals surface area contributed by atoms with Crippen molar-refractivity contribution in [3.05, 3.63) is 52.9 Å². The number of aliphatic hydroxyl groups excluding tert-OH is 1. The number of phenols is 2. The Labute approximate surface area is 215 Å². The van der Waals surface area contributed by atoms with E-state index in [0.717, 1.165) is 86.2 Å². The van der Waals surface area contributed by atoms with Gasteiger partial charge in [0.05, 0.1) is 13.7 Å². The molecule has 5 rings (SSSR count). The highest BCUT2D eigenvalue weighted by atomic mass is 16.5. The number of rotatable bonds is 8. The maximum Gasteiger partial charge on any atom is 0.235 e. The average Bonchev–Trinajstić information content (AvgIpc) is 3.33. The zero-order valence-corrected chi connectivity index (χ0v) is 21.2. The summed E-state index contributed by atoms with van der Waals surface area (Å²) in [6, 6.07) is 8.39. The first-order valence-corrected chi connectivity index (χ1v) is 12.6. The van der Waals surface area contributed by atoms with E-state index in [1.807, 2.05) is 25.1 Å². The summed E-state index contributed by atoms with van der Waals surface area (Å²) in [5.41, 5.74) is 2.96. The number of nitrogens with zero attached hydrogens (tertiary/aromatic N) is 3. The van der Waals surface area contributed by atoms with Crippen LogP contribution < -0.4 is 9.47 Å². The fourth-order valence-corrected chi connectivity index (χ4v) is 5.32. The second-order valence-corrected chi connectivity index (χ2v) is 9.57. The van der Waals surface area contributed by atoms with Gasteiger partial charge >= 0.3 is 0 Å². The maximum atomic E-state index is 13.0. The summed E-state index contributed by atoms with van der Waals surface area (Å²) < 4.78 is 13.5. The molecule has 2 aromatic carbocycles. The molecular formula is C28H33N3O6. The number of allylic oxidation sites excluding steroid dienone is 1. The molecule has 9 nitrogen and oxygen atoms in total. The number of ketones is 1. The lowest BCUT2D eigenvalue weighted by molar-refractivity contribution is 0.101. The molecule has 2 aliphatic rings. The SMILES string of the molecule is COc1ccc2c(c1)c(C=C1Oc3cc(O)cc(O)c3C1=O)c(C)n2CCCN1CCN(CCO)CC1. The summed E-state index contributed by atoms with van der Waals surface area (Å²) in [5, 5.41) is 30.1. The Morgan fingerprint density at radius 3 is 2.46 bits per heavy atom. The number of aliphatic hydroxyl groups is 1. The number of hydrogen-bond donors (Lipinski definition) is 3. The van der Waals surface area contributed by atoms with Gasteiger partial charge in [-0.15, -0.1) is 0 Å². The number of benzene rings is 2. The van der Waals surface area contributed by atoms with E-state index < -0.39 is 5.78 Å². The molecule has 1 saturated heterocycles. The molecular weight excluding hydrogens is 474 g/mol. The molecule has 0 atom stereocenters. The zero-order chi connectivity index (χ0) is 26.1. The first-order valence-electron chi connectivity index (χ1n) is 12.6. The van der Waals surface area contributed by atoms with Crippen LogP contribution in [0.5, 0.6) is 23.0 Å². The van der Waals surface area contributed by atoms with Crippen molar-refractivity contribution >= 4 is 22.8 Å². The van der Waals surface area contributed by atoms with Crippen molar-refractivity contribution in [2.75, 3.05) is 53.0 Å². The molecule has 0 amide bonds. The van der Waals surface area contributed by atoms with E-state index in [1.165, 1.54) is 6.07 Å². The standard InChI is InChI=1S/C28H33N3O6/c1-18-21(17-26-28(35)27-24(34)14-19(33)15-25(27)37-26)22-16-20(36-2)4-5-23(22)31(18)7-3-6-29-8-10-30(11-9-29)12-13-32/h4-5,14-17,32-34H,3,6-13H2,1-2H3. The summed E-state index contributed by atoms with van der Waals surface area (Å²) >= 11 is 0. The molecule has 1 aromatic heterocycles. The molecule has 3 heterocycles. The van der Waals surface area contributed by atoms with Gasteiger partial charge in [0, 0.05) is 73.6 Å². The van der Waals surface area contributed by atoms with E-state index >= 15 is 0 Å². The minimum absolute atomic E-state index is 0.0575. The Kier molecular flexibility index (Phi) is 7.10. The van der Waals surface area contributed by atoms with E-state index in [2.05, 4.69) is 14.4 Å². The van der Waals surface area contributed by atoms with Crippen LogP contribution in [0.15, 0.2) is 36.1 Å². The number of fused-ring (bicyclic) bond motifs is 2. The van der Waals surface area contributed by atoms with Gasteiger partial charge in [-0.1, -0.05) is 0 Å². The molecule has 37 heavy (non-hydrogen) atoms. The molecule has 0 aliphatic carbocycles. The summed E-state index contributed by atoms with van der Waals surface area (Å²) in [6.45, 7) is 8.74. The number of ether oxygens (including phenoxy) is 2. The van der Waals surface area contributed by atoms with E-state index in [-0.39, 0.29) is 35.2 Å². The number of carbonyl (C=O) groups excluding carboxylic acids is 1. The Hall–Kier alpha value is -3.53. The molecule has 3 aromatic rings. The van der Waals surface area contributed by atoms with E-state index in [4.69, 9.17) is 14.6 Å². The first-order chi connectivity index (χ1) is 17.9. The molecule has 3 N–H and O–H groups in total. The number of aromatic hydroxyl groups is 2. The van der Waals surface area contributed by atoms with Gasteiger partial charge in [0.2, 0.25) is 5.78 Å². The monoisotopic (exact) mass is 507 g/mol. The lowest BCUT2D eigenvalue weighted by atomic mass is 10.1. The lowest BCUT2D eigenvalue weighted by Crippen LogP contribution is -2.47. The predicted octanol–water partition coefficient (Wildman–Crippen LogP) is 2.99. The summed E-state index contributed by atoms with van der Waals surface area (Å²) in [6.07, 6.45) is 2.69. The molecule has 0 bridgehead atoms. The van der Waals surface area contributed by atoms with Crippen molar-refractivity contribution in [1.82, 2.24) is 14.4 Å². The van der Waals surface area contributed by atoms with Gasteiger partial charge in [-0.25, -0.2) is 0 Å². The van der Waals surface area contributed by atoms with Crippen LogP contribution in [0.4, 0.5) is 0 Å². The third kappa shape index (κ3) is 4.90. The number of piperazine rings is 1. The largest absolute Gasteiger partial charge is 0.508 e. The van der Waals surface area contributed by atoms with Crippen LogP contribution in [0, 0.1) is 6.92 Å². The van der Waals surface area contributed by atoms with Crippen molar-refractivity contribution in [2.45, 2.75) is 19.9 Å². The summed E-state index contributed by atoms with van der Waals surface area (Å²) in [4.78, 5) is 17.8. The molecule has 196 valence electrons. The number of phenolic OH excluding ortho intramolecular Hbond substituents is 2. The van der Waals surface area contributed by atoms with Crippen molar-refractivity contribution in [2.24, 2.45) is 0 Å². The first kappa shape index (κ1) is 25.1. The number of aromatic nitrogens is 1. The third-order valence-corrected chi connectivity index (χ3v) is 7.33. The van der Waals surface area contributed by atoms with Crippen molar-refractivity contribution in [3.63, 3.8) is 0 Å². The smallest absolute Gasteiger partial charge is 0.235 e. The van der Waals surface area contributed by atoms with Gasteiger partial charge in [0.15, 0.2) is 5.76 Å².